The molecule has 1 aromatic carbocycles. The van der Waals surface area contributed by atoms with Crippen molar-refractivity contribution in [3.05, 3.63) is 35.4 Å². The summed E-state index contributed by atoms with van der Waals surface area (Å²) >= 11 is 0. The van der Waals surface area contributed by atoms with Crippen LogP contribution in [0.2, 0.25) is 0 Å². The number of piperidine rings is 2. The monoisotopic (exact) mass is 573 g/mol. The van der Waals surface area contributed by atoms with E-state index in [1.165, 1.54) is 38.3 Å². The molecule has 13 nitrogen and oxygen atoms in total. The van der Waals surface area contributed by atoms with Crippen LogP contribution in [0.1, 0.15) is 66.2 Å². The van der Waals surface area contributed by atoms with Gasteiger partial charge in [0, 0.05) is 25.1 Å². The van der Waals surface area contributed by atoms with E-state index in [0.29, 0.717) is 36.7 Å². The number of hydrogen-bond acceptors (Lipinski definition) is 9. The number of rotatable bonds is 11. The molecule has 0 saturated carbocycles. The third kappa shape index (κ3) is 9.08. The number of nitrogens with one attached hydrogen (secondary N) is 3. The van der Waals surface area contributed by atoms with Crippen molar-refractivity contribution in [1.82, 2.24) is 26.0 Å². The summed E-state index contributed by atoms with van der Waals surface area (Å²) in [5.74, 6) is -4.21. The average Bonchev–Trinajstić information content (AvgIpc) is 3.00. The number of aliphatic carboxylic acids is 1. The highest BCUT2D eigenvalue weighted by molar-refractivity contribution is 6.01. The van der Waals surface area contributed by atoms with Crippen LogP contribution in [0.3, 0.4) is 0 Å². The molecule has 2 saturated heterocycles. The summed E-state index contributed by atoms with van der Waals surface area (Å²) in [5, 5.41) is 15.7. The number of carbonyl (C=O) groups is 6. The molecule has 0 aromatic heterocycles. The first-order chi connectivity index (χ1) is 19.6. The van der Waals surface area contributed by atoms with Crippen molar-refractivity contribution < 1.29 is 38.6 Å². The number of nitrogens with zero attached hydrogens (tertiary/aromatic N) is 2. The summed E-state index contributed by atoms with van der Waals surface area (Å²) in [7, 11) is 1.24. The minimum absolute atomic E-state index is 0.0312. The first-order valence-electron chi connectivity index (χ1n) is 13.9. The highest BCUT2D eigenvalue weighted by Gasteiger charge is 2.35. The maximum absolute atomic E-state index is 13.5. The minimum Gasteiger partial charge on any atom is -0.480 e. The quantitative estimate of drug-likeness (QED) is 0.216. The third-order valence-electron chi connectivity index (χ3n) is 7.48. The van der Waals surface area contributed by atoms with Crippen LogP contribution in [0.15, 0.2) is 24.3 Å². The Labute approximate surface area is 238 Å². The van der Waals surface area contributed by atoms with E-state index in [9.17, 15) is 33.9 Å². The molecule has 2 aliphatic rings. The Morgan fingerprint density at radius 3 is 2.37 bits per heavy atom. The van der Waals surface area contributed by atoms with E-state index in [2.05, 4.69) is 20.8 Å². The van der Waals surface area contributed by atoms with E-state index < -0.39 is 48.2 Å². The number of esters is 1. The van der Waals surface area contributed by atoms with Crippen LogP contribution in [0, 0.1) is 11.8 Å². The topological polar surface area (TPSA) is 174 Å². The number of hydrogen-bond donors (Lipinski definition) is 4. The van der Waals surface area contributed by atoms with Crippen LogP contribution in [0.25, 0.3) is 0 Å². The average molecular weight is 574 g/mol. The van der Waals surface area contributed by atoms with E-state index in [4.69, 9.17) is 0 Å². The van der Waals surface area contributed by atoms with Crippen molar-refractivity contribution in [2.75, 3.05) is 39.8 Å². The standard InChI is InChI=1S/C28H39N5O8/c1-18(27(38)39)31-33(24(35)16-30-25(36)20-6-8-21(9-7-20)28(40)41-2)26(37)22-4-3-15-32(17-22)23(34)10-5-19-11-13-29-14-12-19/h6-9,18-19,22,29,31H,3-5,10-17H2,1-2H3,(H,30,36)(H,38,39)/t18-,22-/m1/s1. The van der Waals surface area contributed by atoms with Gasteiger partial charge >= 0.3 is 11.9 Å². The van der Waals surface area contributed by atoms with Gasteiger partial charge in [0.25, 0.3) is 11.8 Å². The molecule has 4 amide bonds. The Morgan fingerprint density at radius 2 is 1.73 bits per heavy atom. The molecule has 0 spiro atoms. The predicted octanol–water partition coefficient (Wildman–Crippen LogP) is 0.554. The molecule has 2 heterocycles. The third-order valence-corrected chi connectivity index (χ3v) is 7.48. The van der Waals surface area contributed by atoms with Crippen LogP contribution < -0.4 is 16.1 Å². The van der Waals surface area contributed by atoms with Gasteiger partial charge in [-0.25, -0.2) is 15.2 Å². The fraction of sp³-hybridized carbons (Fsp3) is 0.571. The second kappa shape index (κ2) is 15.2. The molecule has 224 valence electrons. The van der Waals surface area contributed by atoms with Crippen molar-refractivity contribution in [2.45, 2.75) is 51.5 Å². The Kier molecular flexibility index (Phi) is 11.8. The second-order valence-electron chi connectivity index (χ2n) is 10.4. The summed E-state index contributed by atoms with van der Waals surface area (Å²) in [6, 6.07) is 4.31. The summed E-state index contributed by atoms with van der Waals surface area (Å²) in [6.07, 6.45) is 4.27. The molecule has 41 heavy (non-hydrogen) atoms. The highest BCUT2D eigenvalue weighted by Crippen LogP contribution is 2.22. The number of benzene rings is 1. The summed E-state index contributed by atoms with van der Waals surface area (Å²) in [5.41, 5.74) is 2.85. The molecule has 0 radical (unpaired) electrons. The minimum atomic E-state index is -1.27. The Morgan fingerprint density at radius 1 is 1.07 bits per heavy atom. The Balaban J connectivity index is 1.61. The van der Waals surface area contributed by atoms with Gasteiger partial charge in [0.05, 0.1) is 25.1 Å². The van der Waals surface area contributed by atoms with E-state index in [0.717, 1.165) is 32.4 Å². The van der Waals surface area contributed by atoms with Gasteiger partial charge in [-0.1, -0.05) is 0 Å². The van der Waals surface area contributed by atoms with Gasteiger partial charge in [0.15, 0.2) is 0 Å². The van der Waals surface area contributed by atoms with Crippen LogP contribution in [-0.4, -0.2) is 96.5 Å². The number of carbonyl (C=O) groups excluding carboxylic acids is 5. The van der Waals surface area contributed by atoms with E-state index in [1.807, 2.05) is 0 Å². The lowest BCUT2D eigenvalue weighted by atomic mass is 9.92. The number of hydrazine groups is 1. The fourth-order valence-electron chi connectivity index (χ4n) is 4.96. The largest absolute Gasteiger partial charge is 0.480 e. The zero-order valence-electron chi connectivity index (χ0n) is 23.5. The van der Waals surface area contributed by atoms with Crippen molar-refractivity contribution >= 4 is 35.6 Å². The number of methoxy groups -OCH3 is 1. The molecule has 2 atom stereocenters. The van der Waals surface area contributed by atoms with E-state index >= 15 is 0 Å². The molecule has 0 aliphatic carbocycles. The number of carboxylic acids is 1. The Bertz CT molecular complexity index is 1120. The lowest BCUT2D eigenvalue weighted by Crippen LogP contribution is -2.58. The molecule has 1 aromatic rings. The van der Waals surface area contributed by atoms with Crippen LogP contribution in [0.4, 0.5) is 0 Å². The van der Waals surface area contributed by atoms with Gasteiger partial charge in [-0.2, -0.15) is 0 Å². The lowest BCUT2D eigenvalue weighted by Gasteiger charge is -2.35. The molecule has 13 heteroatoms. The normalized spacial score (nSPS) is 18.2. The second-order valence-corrected chi connectivity index (χ2v) is 10.4. The van der Waals surface area contributed by atoms with Gasteiger partial charge in [0.1, 0.15) is 6.04 Å². The van der Waals surface area contributed by atoms with Crippen LogP contribution in [0.5, 0.6) is 0 Å². The summed E-state index contributed by atoms with van der Waals surface area (Å²) < 4.78 is 4.63. The number of carboxylic acid groups (broad SMARTS) is 1. The van der Waals surface area contributed by atoms with Gasteiger partial charge in [0.2, 0.25) is 11.8 Å². The SMILES string of the molecule is COC(=O)c1ccc(C(=O)NCC(=O)N(N[C@H](C)C(=O)O)C(=O)[C@@H]2CCCN(C(=O)CCC3CCNCC3)C2)cc1. The zero-order chi connectivity index (χ0) is 29.9. The predicted molar refractivity (Wildman–Crippen MR) is 146 cm³/mol. The maximum atomic E-state index is 13.5. The Hall–Kier alpha value is -3.84. The highest BCUT2D eigenvalue weighted by atomic mass is 16.5. The number of ether oxygens (including phenoxy) is 1. The van der Waals surface area contributed by atoms with Crippen LogP contribution >= 0.6 is 0 Å². The molecule has 4 N–H and O–H groups in total. The molecule has 0 bridgehead atoms. The number of imide groups is 1. The fourth-order valence-corrected chi connectivity index (χ4v) is 4.96. The van der Waals surface area contributed by atoms with Crippen molar-refractivity contribution in [2.24, 2.45) is 11.8 Å². The van der Waals surface area contributed by atoms with Crippen LogP contribution in [-0.2, 0) is 23.9 Å². The maximum Gasteiger partial charge on any atom is 0.337 e. The first kappa shape index (κ1) is 31.7. The molecule has 2 aliphatic heterocycles. The van der Waals surface area contributed by atoms with Crippen molar-refractivity contribution in [3.63, 3.8) is 0 Å². The molecule has 0 unspecified atom stereocenters. The van der Waals surface area contributed by atoms with Gasteiger partial charge in [-0.15, -0.1) is 0 Å². The van der Waals surface area contributed by atoms with Gasteiger partial charge in [-0.3, -0.25) is 24.0 Å². The van der Waals surface area contributed by atoms with E-state index in [1.54, 1.807) is 4.90 Å². The number of amides is 4. The molecule has 3 rings (SSSR count). The molecular formula is C28H39N5O8. The zero-order valence-corrected chi connectivity index (χ0v) is 23.5. The summed E-state index contributed by atoms with van der Waals surface area (Å²) in [4.78, 5) is 76.8. The van der Waals surface area contributed by atoms with Crippen molar-refractivity contribution in [1.29, 1.82) is 0 Å². The van der Waals surface area contributed by atoms with Gasteiger partial charge in [-0.05, 0) is 82.3 Å². The van der Waals surface area contributed by atoms with Crippen molar-refractivity contribution in [3.8, 4) is 0 Å². The van der Waals surface area contributed by atoms with Gasteiger partial charge < -0.3 is 25.4 Å². The molecule has 2 fully saturated rings. The smallest absolute Gasteiger partial charge is 0.337 e. The summed E-state index contributed by atoms with van der Waals surface area (Å²) in [6.45, 7) is 3.26. The number of likely N-dealkylation sites (tertiary alicyclic amines) is 1. The molecular weight excluding hydrogens is 534 g/mol. The van der Waals surface area contributed by atoms with E-state index in [-0.39, 0.29) is 23.6 Å². The lowest BCUT2D eigenvalue weighted by molar-refractivity contribution is -0.155. The first-order valence-corrected chi connectivity index (χ1v) is 13.9.